The monoisotopic (exact) mass is 221 g/mol. The van der Waals surface area contributed by atoms with Crippen LogP contribution in [0.2, 0.25) is 0 Å². The summed E-state index contributed by atoms with van der Waals surface area (Å²) in [5.41, 5.74) is 0.633. The second-order valence-electron chi connectivity index (χ2n) is 4.29. The van der Waals surface area contributed by atoms with E-state index in [1.165, 1.54) is 19.3 Å². The van der Waals surface area contributed by atoms with Gasteiger partial charge in [-0.15, -0.1) is 5.10 Å². The van der Waals surface area contributed by atoms with Gasteiger partial charge in [0.05, 0.1) is 12.3 Å². The number of aliphatic hydroxyl groups excluding tert-OH is 1. The molecule has 4 nitrogen and oxygen atoms in total. The minimum absolute atomic E-state index is 0.0372. The molecular weight excluding hydrogens is 202 g/mol. The largest absolute Gasteiger partial charge is 0.390 e. The SMILES string of the molecule is CCC1CCCCN1c1ccc(CO)nn1. The van der Waals surface area contributed by atoms with Crippen molar-refractivity contribution in [2.45, 2.75) is 45.3 Å². The van der Waals surface area contributed by atoms with E-state index in [1.54, 1.807) is 0 Å². The van der Waals surface area contributed by atoms with E-state index in [2.05, 4.69) is 22.0 Å². The fourth-order valence-corrected chi connectivity index (χ4v) is 2.32. The Morgan fingerprint density at radius 2 is 2.25 bits per heavy atom. The summed E-state index contributed by atoms with van der Waals surface area (Å²) in [7, 11) is 0. The molecule has 1 atom stereocenters. The number of hydrogen-bond donors (Lipinski definition) is 1. The Bertz CT molecular complexity index is 326. The lowest BCUT2D eigenvalue weighted by Gasteiger charge is -2.35. The average Bonchev–Trinajstić information content (AvgIpc) is 2.39. The molecule has 4 heteroatoms. The first kappa shape index (κ1) is 11.3. The zero-order valence-corrected chi connectivity index (χ0v) is 9.76. The minimum atomic E-state index is -0.0372. The summed E-state index contributed by atoms with van der Waals surface area (Å²) in [5.74, 6) is 0.948. The standard InChI is InChI=1S/C12H19N3O/c1-2-11-5-3-4-8-15(11)12-7-6-10(9-16)13-14-12/h6-7,11,16H,2-5,8-9H2,1H3. The van der Waals surface area contributed by atoms with Crippen LogP contribution in [0, 0.1) is 0 Å². The second kappa shape index (κ2) is 5.25. The first-order chi connectivity index (χ1) is 7.85. The van der Waals surface area contributed by atoms with Crippen LogP contribution in [-0.2, 0) is 6.61 Å². The number of aromatic nitrogens is 2. The van der Waals surface area contributed by atoms with Crippen LogP contribution in [0.5, 0.6) is 0 Å². The number of hydrogen-bond acceptors (Lipinski definition) is 4. The van der Waals surface area contributed by atoms with Gasteiger partial charge in [0.1, 0.15) is 0 Å². The minimum Gasteiger partial charge on any atom is -0.390 e. The zero-order chi connectivity index (χ0) is 11.4. The first-order valence-electron chi connectivity index (χ1n) is 6.05. The molecule has 0 saturated carbocycles. The molecule has 1 saturated heterocycles. The molecule has 0 aromatic carbocycles. The van der Waals surface area contributed by atoms with Crippen molar-refractivity contribution in [1.29, 1.82) is 0 Å². The van der Waals surface area contributed by atoms with E-state index in [0.717, 1.165) is 18.8 Å². The van der Waals surface area contributed by atoms with Crippen molar-refractivity contribution < 1.29 is 5.11 Å². The van der Waals surface area contributed by atoms with E-state index in [-0.39, 0.29) is 6.61 Å². The van der Waals surface area contributed by atoms with Crippen LogP contribution in [0.3, 0.4) is 0 Å². The first-order valence-corrected chi connectivity index (χ1v) is 6.05. The van der Waals surface area contributed by atoms with E-state index >= 15 is 0 Å². The maximum atomic E-state index is 8.92. The van der Waals surface area contributed by atoms with Gasteiger partial charge < -0.3 is 10.0 Å². The van der Waals surface area contributed by atoms with Crippen LogP contribution in [-0.4, -0.2) is 27.9 Å². The predicted molar refractivity (Wildman–Crippen MR) is 63.2 cm³/mol. The average molecular weight is 221 g/mol. The molecule has 1 aromatic rings. The van der Waals surface area contributed by atoms with Gasteiger partial charge in [-0.3, -0.25) is 0 Å². The quantitative estimate of drug-likeness (QED) is 0.844. The molecule has 16 heavy (non-hydrogen) atoms. The molecule has 1 fully saturated rings. The Labute approximate surface area is 96.3 Å². The molecule has 2 rings (SSSR count). The highest BCUT2D eigenvalue weighted by Gasteiger charge is 2.21. The third-order valence-corrected chi connectivity index (χ3v) is 3.26. The van der Waals surface area contributed by atoms with Crippen molar-refractivity contribution in [3.63, 3.8) is 0 Å². The van der Waals surface area contributed by atoms with E-state index in [9.17, 15) is 0 Å². The summed E-state index contributed by atoms with van der Waals surface area (Å²) < 4.78 is 0. The summed E-state index contributed by atoms with van der Waals surface area (Å²) in [6.45, 7) is 3.26. The lowest BCUT2D eigenvalue weighted by molar-refractivity contribution is 0.275. The summed E-state index contributed by atoms with van der Waals surface area (Å²) in [6.07, 6.45) is 4.96. The lowest BCUT2D eigenvalue weighted by atomic mass is 10.0. The van der Waals surface area contributed by atoms with Crippen LogP contribution in [0.25, 0.3) is 0 Å². The highest BCUT2D eigenvalue weighted by molar-refractivity contribution is 5.39. The highest BCUT2D eigenvalue weighted by atomic mass is 16.3. The molecular formula is C12H19N3O. The molecule has 1 aliphatic rings. The van der Waals surface area contributed by atoms with E-state index in [0.29, 0.717) is 11.7 Å². The summed E-state index contributed by atoms with van der Waals surface area (Å²) in [4.78, 5) is 2.34. The van der Waals surface area contributed by atoms with Gasteiger partial charge in [0, 0.05) is 12.6 Å². The van der Waals surface area contributed by atoms with Gasteiger partial charge in [-0.1, -0.05) is 6.92 Å². The van der Waals surface area contributed by atoms with Crippen LogP contribution >= 0.6 is 0 Å². The molecule has 1 aromatic heterocycles. The van der Waals surface area contributed by atoms with E-state index < -0.39 is 0 Å². The van der Waals surface area contributed by atoms with Gasteiger partial charge in [-0.05, 0) is 37.8 Å². The van der Waals surface area contributed by atoms with Gasteiger partial charge in [-0.2, -0.15) is 5.10 Å². The summed E-state index contributed by atoms with van der Waals surface area (Å²) >= 11 is 0. The van der Waals surface area contributed by atoms with Gasteiger partial charge in [0.25, 0.3) is 0 Å². The zero-order valence-electron chi connectivity index (χ0n) is 9.76. The third kappa shape index (κ3) is 2.32. The van der Waals surface area contributed by atoms with Crippen molar-refractivity contribution in [2.75, 3.05) is 11.4 Å². The van der Waals surface area contributed by atoms with Crippen molar-refractivity contribution in [1.82, 2.24) is 10.2 Å². The van der Waals surface area contributed by atoms with Gasteiger partial charge in [-0.25, -0.2) is 0 Å². The topological polar surface area (TPSA) is 49.2 Å². The molecule has 0 bridgehead atoms. The van der Waals surface area contributed by atoms with Crippen molar-refractivity contribution in [2.24, 2.45) is 0 Å². The highest BCUT2D eigenvalue weighted by Crippen LogP contribution is 2.24. The molecule has 0 radical (unpaired) electrons. The molecule has 2 heterocycles. The Morgan fingerprint density at radius 3 is 2.88 bits per heavy atom. The Hall–Kier alpha value is -1.16. The van der Waals surface area contributed by atoms with Crippen molar-refractivity contribution >= 4 is 5.82 Å². The molecule has 88 valence electrons. The number of piperidine rings is 1. The van der Waals surface area contributed by atoms with Gasteiger partial charge >= 0.3 is 0 Å². The van der Waals surface area contributed by atoms with E-state index in [4.69, 9.17) is 5.11 Å². The predicted octanol–water partition coefficient (Wildman–Crippen LogP) is 1.74. The maximum Gasteiger partial charge on any atom is 0.151 e. The Kier molecular flexibility index (Phi) is 3.72. The Balaban J connectivity index is 2.14. The van der Waals surface area contributed by atoms with Gasteiger partial charge in [0.15, 0.2) is 5.82 Å². The van der Waals surface area contributed by atoms with E-state index in [1.807, 2.05) is 12.1 Å². The number of nitrogens with zero attached hydrogens (tertiary/aromatic N) is 3. The van der Waals surface area contributed by atoms with Gasteiger partial charge in [0.2, 0.25) is 0 Å². The second-order valence-corrected chi connectivity index (χ2v) is 4.29. The van der Waals surface area contributed by atoms with Crippen molar-refractivity contribution in [3.8, 4) is 0 Å². The maximum absolute atomic E-state index is 8.92. The van der Waals surface area contributed by atoms with Crippen LogP contribution < -0.4 is 4.90 Å². The Morgan fingerprint density at radius 1 is 1.38 bits per heavy atom. The number of rotatable bonds is 3. The molecule has 1 unspecified atom stereocenters. The number of anilines is 1. The smallest absolute Gasteiger partial charge is 0.151 e. The molecule has 0 aliphatic carbocycles. The fraction of sp³-hybridized carbons (Fsp3) is 0.667. The third-order valence-electron chi connectivity index (χ3n) is 3.26. The van der Waals surface area contributed by atoms with Crippen molar-refractivity contribution in [3.05, 3.63) is 17.8 Å². The summed E-state index contributed by atoms with van der Waals surface area (Å²) in [5, 5.41) is 17.1. The molecule has 0 spiro atoms. The van der Waals surface area contributed by atoms with Crippen LogP contribution in [0.4, 0.5) is 5.82 Å². The molecule has 1 aliphatic heterocycles. The van der Waals surface area contributed by atoms with Crippen LogP contribution in [0.1, 0.15) is 38.3 Å². The number of aliphatic hydroxyl groups is 1. The lowest BCUT2D eigenvalue weighted by Crippen LogP contribution is -2.39. The fourth-order valence-electron chi connectivity index (χ4n) is 2.32. The normalized spacial score (nSPS) is 21.1. The van der Waals surface area contributed by atoms with Crippen LogP contribution in [0.15, 0.2) is 12.1 Å². The molecule has 0 amide bonds. The summed E-state index contributed by atoms with van der Waals surface area (Å²) in [6, 6.07) is 4.42. The molecule has 1 N–H and O–H groups in total.